The van der Waals surface area contributed by atoms with Crippen molar-refractivity contribution < 1.29 is 14.4 Å². The fourth-order valence-electron chi connectivity index (χ4n) is 2.30. The first-order valence-corrected chi connectivity index (χ1v) is 6.58. The molecule has 5 heteroatoms. The molecule has 0 spiro atoms. The average Bonchev–Trinajstić information content (AvgIpc) is 2.41. The van der Waals surface area contributed by atoms with Crippen LogP contribution in [0, 0.1) is 6.92 Å². The molecule has 0 aromatic heterocycles. The van der Waals surface area contributed by atoms with Crippen molar-refractivity contribution in [2.45, 2.75) is 26.8 Å². The lowest BCUT2D eigenvalue weighted by Crippen LogP contribution is -2.58. The summed E-state index contributed by atoms with van der Waals surface area (Å²) < 4.78 is 0. The quantitative estimate of drug-likeness (QED) is 0.760. The van der Waals surface area contributed by atoms with Crippen molar-refractivity contribution in [2.24, 2.45) is 0 Å². The number of rotatable bonds is 2. The molecule has 5 nitrogen and oxygen atoms in total. The Morgan fingerprint density at radius 2 is 1.80 bits per heavy atom. The molecule has 0 aliphatic carbocycles. The normalized spacial score (nSPS) is 19.1. The predicted octanol–water partition coefficient (Wildman–Crippen LogP) is 1.15. The number of benzene rings is 1. The first-order valence-electron chi connectivity index (χ1n) is 6.58. The van der Waals surface area contributed by atoms with Crippen LogP contribution in [0.2, 0.25) is 0 Å². The van der Waals surface area contributed by atoms with Gasteiger partial charge in [-0.05, 0) is 26.0 Å². The molecule has 2 amide bonds. The monoisotopic (exact) mass is 274 g/mol. The zero-order valence-corrected chi connectivity index (χ0v) is 11.9. The lowest BCUT2D eigenvalue weighted by atomic mass is 10.1. The molecule has 1 atom stereocenters. The van der Waals surface area contributed by atoms with Gasteiger partial charge in [0.25, 0.3) is 5.91 Å². The van der Waals surface area contributed by atoms with Gasteiger partial charge in [0.05, 0.1) is 0 Å². The summed E-state index contributed by atoms with van der Waals surface area (Å²) in [6.07, 6.45) is 0. The number of hydrogen-bond acceptors (Lipinski definition) is 3. The number of aryl methyl sites for hydroxylation is 1. The highest BCUT2D eigenvalue weighted by Crippen LogP contribution is 2.20. The van der Waals surface area contributed by atoms with Crippen LogP contribution in [0.3, 0.4) is 0 Å². The van der Waals surface area contributed by atoms with Crippen LogP contribution in [0.5, 0.6) is 0 Å². The summed E-state index contributed by atoms with van der Waals surface area (Å²) in [6, 6.07) is 7.50. The van der Waals surface area contributed by atoms with E-state index in [-0.39, 0.29) is 18.5 Å². The van der Waals surface area contributed by atoms with E-state index in [4.69, 9.17) is 0 Å². The summed E-state index contributed by atoms with van der Waals surface area (Å²) in [7, 11) is 0. The predicted molar refractivity (Wildman–Crippen MR) is 75.4 cm³/mol. The van der Waals surface area contributed by atoms with Crippen LogP contribution in [0.25, 0.3) is 0 Å². The number of nitrogens with zero attached hydrogens (tertiary/aromatic N) is 2. The van der Waals surface area contributed by atoms with Crippen LogP contribution < -0.4 is 4.90 Å². The molecule has 1 saturated heterocycles. The van der Waals surface area contributed by atoms with E-state index in [9.17, 15) is 14.4 Å². The molecule has 1 unspecified atom stereocenters. The van der Waals surface area contributed by atoms with E-state index in [0.717, 1.165) is 11.3 Å². The summed E-state index contributed by atoms with van der Waals surface area (Å²) in [4.78, 5) is 38.1. The fourth-order valence-corrected chi connectivity index (χ4v) is 2.30. The van der Waals surface area contributed by atoms with Crippen molar-refractivity contribution in [1.29, 1.82) is 0 Å². The number of carbonyl (C=O) groups excluding carboxylic acids is 3. The second kappa shape index (κ2) is 5.45. The number of ketones is 1. The standard InChI is InChI=1S/C15H18N2O3/c1-10-4-6-13(7-5-10)17-8-11(2)16(9-14(17)19)15(20)12(3)18/h4-7,11H,8-9H2,1-3H3. The van der Waals surface area contributed by atoms with Crippen LogP contribution in [0.1, 0.15) is 19.4 Å². The molecule has 0 radical (unpaired) electrons. The van der Waals surface area contributed by atoms with Crippen LogP contribution in [0.4, 0.5) is 5.69 Å². The van der Waals surface area contributed by atoms with E-state index < -0.39 is 11.7 Å². The maximum absolute atomic E-state index is 12.2. The molecule has 20 heavy (non-hydrogen) atoms. The highest BCUT2D eigenvalue weighted by Gasteiger charge is 2.34. The van der Waals surface area contributed by atoms with Gasteiger partial charge in [-0.25, -0.2) is 0 Å². The first kappa shape index (κ1) is 14.2. The molecule has 1 aromatic carbocycles. The number of Topliss-reactive ketones (excluding diaryl/α,β-unsaturated/α-hetero) is 1. The van der Waals surface area contributed by atoms with Gasteiger partial charge in [0, 0.05) is 25.2 Å². The minimum atomic E-state index is -0.589. The molecule has 106 valence electrons. The van der Waals surface area contributed by atoms with Crippen molar-refractivity contribution in [3.05, 3.63) is 29.8 Å². The molecule has 0 bridgehead atoms. The molecule has 1 aliphatic rings. The number of amides is 2. The highest BCUT2D eigenvalue weighted by molar-refractivity contribution is 6.35. The van der Waals surface area contributed by atoms with E-state index in [1.807, 2.05) is 38.1 Å². The summed E-state index contributed by atoms with van der Waals surface area (Å²) in [5, 5.41) is 0. The Hall–Kier alpha value is -2.17. The van der Waals surface area contributed by atoms with Gasteiger partial charge in [-0.1, -0.05) is 17.7 Å². The molecule has 0 saturated carbocycles. The largest absolute Gasteiger partial charge is 0.322 e. The number of carbonyl (C=O) groups is 3. The van der Waals surface area contributed by atoms with E-state index >= 15 is 0 Å². The third-order valence-electron chi connectivity index (χ3n) is 3.49. The number of piperazine rings is 1. The minimum Gasteiger partial charge on any atom is -0.322 e. The van der Waals surface area contributed by atoms with E-state index in [1.165, 1.54) is 11.8 Å². The van der Waals surface area contributed by atoms with Crippen molar-refractivity contribution in [3.63, 3.8) is 0 Å². The Morgan fingerprint density at radius 3 is 2.35 bits per heavy atom. The molecule has 1 fully saturated rings. The van der Waals surface area contributed by atoms with Gasteiger partial charge in [0.2, 0.25) is 11.7 Å². The van der Waals surface area contributed by atoms with Crippen molar-refractivity contribution >= 4 is 23.3 Å². The van der Waals surface area contributed by atoms with Gasteiger partial charge in [-0.3, -0.25) is 14.4 Å². The number of hydrogen-bond donors (Lipinski definition) is 0. The SMILES string of the molecule is CC(=O)C(=O)N1CC(=O)N(c2ccc(C)cc2)CC1C. The molecule has 1 aromatic rings. The molecule has 0 N–H and O–H groups in total. The first-order chi connectivity index (χ1) is 9.40. The molecule has 1 aliphatic heterocycles. The van der Waals surface area contributed by atoms with Crippen molar-refractivity contribution in [1.82, 2.24) is 4.90 Å². The fraction of sp³-hybridized carbons (Fsp3) is 0.400. The van der Waals surface area contributed by atoms with Gasteiger partial charge in [-0.2, -0.15) is 0 Å². The maximum Gasteiger partial charge on any atom is 0.290 e. The smallest absolute Gasteiger partial charge is 0.290 e. The van der Waals surface area contributed by atoms with E-state index in [0.29, 0.717) is 6.54 Å². The van der Waals surface area contributed by atoms with E-state index in [2.05, 4.69) is 0 Å². The summed E-state index contributed by atoms with van der Waals surface area (Å²) >= 11 is 0. The van der Waals surface area contributed by atoms with Gasteiger partial charge in [0.1, 0.15) is 6.54 Å². The second-order valence-corrected chi connectivity index (χ2v) is 5.18. The lowest BCUT2D eigenvalue weighted by molar-refractivity contribution is -0.147. The minimum absolute atomic E-state index is 0.0482. The van der Waals surface area contributed by atoms with Gasteiger partial charge in [-0.15, -0.1) is 0 Å². The Kier molecular flexibility index (Phi) is 3.88. The Morgan fingerprint density at radius 1 is 1.20 bits per heavy atom. The Labute approximate surface area is 118 Å². The van der Waals surface area contributed by atoms with E-state index in [1.54, 1.807) is 4.90 Å². The summed E-state index contributed by atoms with van der Waals surface area (Å²) in [6.45, 7) is 5.41. The van der Waals surface area contributed by atoms with Crippen LogP contribution >= 0.6 is 0 Å². The van der Waals surface area contributed by atoms with Crippen LogP contribution in [-0.4, -0.2) is 41.6 Å². The summed E-state index contributed by atoms with van der Waals surface area (Å²) in [5.74, 6) is -1.29. The second-order valence-electron chi connectivity index (χ2n) is 5.18. The maximum atomic E-state index is 12.2. The zero-order valence-electron chi connectivity index (χ0n) is 11.9. The van der Waals surface area contributed by atoms with Crippen LogP contribution in [-0.2, 0) is 14.4 Å². The summed E-state index contributed by atoms with van der Waals surface area (Å²) in [5.41, 5.74) is 1.95. The lowest BCUT2D eigenvalue weighted by Gasteiger charge is -2.38. The Bertz CT molecular complexity index is 551. The zero-order chi connectivity index (χ0) is 14.9. The highest BCUT2D eigenvalue weighted by atomic mass is 16.2. The van der Waals surface area contributed by atoms with Gasteiger partial charge >= 0.3 is 0 Å². The third-order valence-corrected chi connectivity index (χ3v) is 3.49. The van der Waals surface area contributed by atoms with Gasteiger partial charge in [0.15, 0.2) is 0 Å². The molecule has 2 rings (SSSR count). The van der Waals surface area contributed by atoms with Crippen molar-refractivity contribution in [2.75, 3.05) is 18.0 Å². The molecular weight excluding hydrogens is 256 g/mol. The topological polar surface area (TPSA) is 57.7 Å². The molecule has 1 heterocycles. The van der Waals surface area contributed by atoms with Crippen LogP contribution in [0.15, 0.2) is 24.3 Å². The average molecular weight is 274 g/mol. The van der Waals surface area contributed by atoms with Gasteiger partial charge < -0.3 is 9.80 Å². The Balaban J connectivity index is 2.18. The van der Waals surface area contributed by atoms with Crippen molar-refractivity contribution in [3.8, 4) is 0 Å². The number of anilines is 1. The molecular formula is C15H18N2O3. The third kappa shape index (κ3) is 2.71.